The van der Waals surface area contributed by atoms with E-state index in [1.807, 2.05) is 64.1 Å². The molecule has 0 fully saturated rings. The van der Waals surface area contributed by atoms with E-state index in [-0.39, 0.29) is 17.6 Å². The number of carbonyl (C=O) groups is 1. The Morgan fingerprint density at radius 1 is 1.21 bits per heavy atom. The molecule has 1 N–H and O–H groups in total. The van der Waals surface area contributed by atoms with Crippen molar-refractivity contribution in [1.29, 1.82) is 0 Å². The van der Waals surface area contributed by atoms with Gasteiger partial charge in [0.25, 0.3) is 5.91 Å². The maximum atomic E-state index is 13.0. The molecule has 1 amide bonds. The smallest absolute Gasteiger partial charge is 0.261 e. The standard InChI is InChI=1S/C23H29NO4/c1-6-20(27-17-10-8-16(26-5)9-11-17)22(25)24-19-14-23(3,4)28-21-12-7-15(2)13-18(19)21/h7-13,19-20H,6,14H2,1-5H3,(H,24,25)/t19-,20-/m1/s1. The van der Waals surface area contributed by atoms with Crippen molar-refractivity contribution in [2.24, 2.45) is 0 Å². The van der Waals surface area contributed by atoms with E-state index in [4.69, 9.17) is 14.2 Å². The molecule has 0 aromatic heterocycles. The number of hydrogen-bond donors (Lipinski definition) is 1. The van der Waals surface area contributed by atoms with E-state index in [0.29, 0.717) is 18.6 Å². The normalized spacial score (nSPS) is 18.4. The first-order valence-electron chi connectivity index (χ1n) is 9.72. The van der Waals surface area contributed by atoms with Crippen LogP contribution in [0, 0.1) is 6.92 Å². The fraction of sp³-hybridized carbons (Fsp3) is 0.435. The van der Waals surface area contributed by atoms with Crippen molar-refractivity contribution in [3.05, 3.63) is 53.6 Å². The van der Waals surface area contributed by atoms with Gasteiger partial charge < -0.3 is 19.5 Å². The third-order valence-electron chi connectivity index (χ3n) is 4.94. The first kappa shape index (κ1) is 20.1. The van der Waals surface area contributed by atoms with Gasteiger partial charge in [-0.15, -0.1) is 0 Å². The Labute approximate surface area is 167 Å². The van der Waals surface area contributed by atoms with E-state index in [1.54, 1.807) is 7.11 Å². The number of fused-ring (bicyclic) bond motifs is 1. The molecule has 2 aromatic rings. The van der Waals surface area contributed by atoms with Crippen molar-refractivity contribution in [3.63, 3.8) is 0 Å². The number of hydrogen-bond acceptors (Lipinski definition) is 4. The quantitative estimate of drug-likeness (QED) is 0.793. The van der Waals surface area contributed by atoms with Crippen molar-refractivity contribution < 1.29 is 19.0 Å². The second kappa shape index (κ2) is 8.13. The second-order valence-electron chi connectivity index (χ2n) is 7.86. The van der Waals surface area contributed by atoms with E-state index in [2.05, 4.69) is 11.4 Å². The molecular formula is C23H29NO4. The molecule has 0 spiro atoms. The lowest BCUT2D eigenvalue weighted by Gasteiger charge is -2.38. The minimum atomic E-state index is -0.562. The summed E-state index contributed by atoms with van der Waals surface area (Å²) >= 11 is 0. The van der Waals surface area contributed by atoms with E-state index < -0.39 is 6.10 Å². The zero-order valence-corrected chi connectivity index (χ0v) is 17.2. The molecule has 2 atom stereocenters. The van der Waals surface area contributed by atoms with Gasteiger partial charge in [0.2, 0.25) is 0 Å². The molecule has 0 radical (unpaired) electrons. The van der Waals surface area contributed by atoms with Gasteiger partial charge in [-0.3, -0.25) is 4.79 Å². The van der Waals surface area contributed by atoms with Gasteiger partial charge in [-0.1, -0.05) is 24.6 Å². The summed E-state index contributed by atoms with van der Waals surface area (Å²) in [6.45, 7) is 8.07. The zero-order valence-electron chi connectivity index (χ0n) is 17.2. The Hall–Kier alpha value is -2.69. The van der Waals surface area contributed by atoms with Gasteiger partial charge in [-0.2, -0.15) is 0 Å². The van der Waals surface area contributed by atoms with Crippen LogP contribution in [0.4, 0.5) is 0 Å². The number of carbonyl (C=O) groups excluding carboxylic acids is 1. The van der Waals surface area contributed by atoms with Crippen molar-refractivity contribution >= 4 is 5.91 Å². The molecule has 5 heteroatoms. The van der Waals surface area contributed by atoms with Crippen LogP contribution in [-0.4, -0.2) is 24.7 Å². The molecular weight excluding hydrogens is 354 g/mol. The van der Waals surface area contributed by atoms with E-state index in [0.717, 1.165) is 22.6 Å². The van der Waals surface area contributed by atoms with Gasteiger partial charge in [-0.25, -0.2) is 0 Å². The van der Waals surface area contributed by atoms with Crippen molar-refractivity contribution in [2.75, 3.05) is 7.11 Å². The zero-order chi connectivity index (χ0) is 20.3. The molecule has 0 unspecified atom stereocenters. The molecule has 2 aromatic carbocycles. The molecule has 0 saturated heterocycles. The Morgan fingerprint density at radius 3 is 2.54 bits per heavy atom. The molecule has 28 heavy (non-hydrogen) atoms. The molecule has 1 aliphatic rings. The summed E-state index contributed by atoms with van der Waals surface area (Å²) in [6.07, 6.45) is 0.715. The summed E-state index contributed by atoms with van der Waals surface area (Å²) in [5.74, 6) is 2.11. The van der Waals surface area contributed by atoms with Crippen LogP contribution in [0.5, 0.6) is 17.2 Å². The summed E-state index contributed by atoms with van der Waals surface area (Å²) in [4.78, 5) is 13.0. The van der Waals surface area contributed by atoms with Crippen LogP contribution in [0.25, 0.3) is 0 Å². The topological polar surface area (TPSA) is 56.8 Å². The number of ether oxygens (including phenoxy) is 3. The number of rotatable bonds is 6. The maximum absolute atomic E-state index is 13.0. The lowest BCUT2D eigenvalue weighted by molar-refractivity contribution is -0.129. The van der Waals surface area contributed by atoms with Crippen LogP contribution in [0.1, 0.15) is 50.8 Å². The van der Waals surface area contributed by atoms with E-state index >= 15 is 0 Å². The first-order valence-corrected chi connectivity index (χ1v) is 9.72. The minimum Gasteiger partial charge on any atom is -0.497 e. The largest absolute Gasteiger partial charge is 0.497 e. The van der Waals surface area contributed by atoms with Crippen molar-refractivity contribution in [3.8, 4) is 17.2 Å². The number of aryl methyl sites for hydroxylation is 1. The lowest BCUT2D eigenvalue weighted by Crippen LogP contribution is -2.45. The number of nitrogens with one attached hydrogen (secondary N) is 1. The van der Waals surface area contributed by atoms with Gasteiger partial charge >= 0.3 is 0 Å². The highest BCUT2D eigenvalue weighted by molar-refractivity contribution is 5.81. The fourth-order valence-electron chi connectivity index (χ4n) is 3.51. The van der Waals surface area contributed by atoms with Gasteiger partial charge in [-0.05, 0) is 57.5 Å². The second-order valence-corrected chi connectivity index (χ2v) is 7.86. The Balaban J connectivity index is 1.75. The van der Waals surface area contributed by atoms with Crippen LogP contribution >= 0.6 is 0 Å². The van der Waals surface area contributed by atoms with Crippen LogP contribution < -0.4 is 19.5 Å². The van der Waals surface area contributed by atoms with Gasteiger partial charge in [0.15, 0.2) is 6.10 Å². The molecule has 1 aliphatic heterocycles. The van der Waals surface area contributed by atoms with Crippen LogP contribution in [0.3, 0.4) is 0 Å². The summed E-state index contributed by atoms with van der Waals surface area (Å²) < 4.78 is 17.2. The molecule has 1 heterocycles. The summed E-state index contributed by atoms with van der Waals surface area (Å²) in [5.41, 5.74) is 1.81. The van der Waals surface area contributed by atoms with Gasteiger partial charge in [0.05, 0.1) is 13.2 Å². The molecule has 0 saturated carbocycles. The molecule has 0 aliphatic carbocycles. The Bertz CT molecular complexity index is 829. The highest BCUT2D eigenvalue weighted by atomic mass is 16.5. The van der Waals surface area contributed by atoms with Gasteiger partial charge in [0, 0.05) is 12.0 Å². The Kier molecular flexibility index (Phi) is 5.82. The van der Waals surface area contributed by atoms with Gasteiger partial charge in [0.1, 0.15) is 22.8 Å². The maximum Gasteiger partial charge on any atom is 0.261 e. The van der Waals surface area contributed by atoms with E-state index in [9.17, 15) is 4.79 Å². The number of benzene rings is 2. The SMILES string of the molecule is CC[C@@H](Oc1ccc(OC)cc1)C(=O)N[C@@H]1CC(C)(C)Oc2ccc(C)cc21. The third kappa shape index (κ3) is 4.58. The monoisotopic (exact) mass is 383 g/mol. The predicted octanol–water partition coefficient (Wildman–Crippen LogP) is 4.58. The number of methoxy groups -OCH3 is 1. The molecule has 0 bridgehead atoms. The molecule has 5 nitrogen and oxygen atoms in total. The number of amides is 1. The summed E-state index contributed by atoms with van der Waals surface area (Å²) in [7, 11) is 1.62. The van der Waals surface area contributed by atoms with Crippen molar-refractivity contribution in [1.82, 2.24) is 5.32 Å². The Morgan fingerprint density at radius 2 is 1.89 bits per heavy atom. The summed E-state index contributed by atoms with van der Waals surface area (Å²) in [6, 6.07) is 13.2. The van der Waals surface area contributed by atoms with E-state index in [1.165, 1.54) is 0 Å². The van der Waals surface area contributed by atoms with Crippen LogP contribution in [0.15, 0.2) is 42.5 Å². The highest BCUT2D eigenvalue weighted by Gasteiger charge is 2.35. The minimum absolute atomic E-state index is 0.111. The van der Waals surface area contributed by atoms with Crippen molar-refractivity contribution in [2.45, 2.75) is 58.3 Å². The van der Waals surface area contributed by atoms with Crippen LogP contribution in [0.2, 0.25) is 0 Å². The average molecular weight is 383 g/mol. The third-order valence-corrected chi connectivity index (χ3v) is 4.94. The fourth-order valence-corrected chi connectivity index (χ4v) is 3.51. The molecule has 150 valence electrons. The lowest BCUT2D eigenvalue weighted by atomic mass is 9.88. The highest BCUT2D eigenvalue weighted by Crippen LogP contribution is 2.40. The summed E-state index contributed by atoms with van der Waals surface area (Å²) in [5, 5.41) is 3.18. The predicted molar refractivity (Wildman–Crippen MR) is 109 cm³/mol. The van der Waals surface area contributed by atoms with Crippen LogP contribution in [-0.2, 0) is 4.79 Å². The average Bonchev–Trinajstić information content (AvgIpc) is 2.66. The molecule has 3 rings (SSSR count). The first-order chi connectivity index (χ1) is 13.3.